The van der Waals surface area contributed by atoms with Gasteiger partial charge in [0.05, 0.1) is 22.8 Å². The van der Waals surface area contributed by atoms with Crippen LogP contribution in [-0.2, 0) is 4.74 Å². The van der Waals surface area contributed by atoms with Crippen LogP contribution in [0.4, 0.5) is 5.69 Å². The first-order chi connectivity index (χ1) is 9.63. The highest BCUT2D eigenvalue weighted by atomic mass is 16.6. The molecule has 0 N–H and O–H groups in total. The number of carbonyl (C=O) groups is 1. The van der Waals surface area contributed by atoms with Crippen molar-refractivity contribution in [1.82, 2.24) is 4.98 Å². The summed E-state index contributed by atoms with van der Waals surface area (Å²) in [5.74, 6) is -0.464. The lowest BCUT2D eigenvalue weighted by Gasteiger charge is -2.07. The number of hydrogen-bond donors (Lipinski definition) is 0. The Morgan fingerprint density at radius 1 is 1.30 bits per heavy atom. The van der Waals surface area contributed by atoms with Gasteiger partial charge in [-0.05, 0) is 31.2 Å². The van der Waals surface area contributed by atoms with Crippen LogP contribution in [0.2, 0.25) is 0 Å². The second-order valence-corrected chi connectivity index (χ2v) is 3.92. The highest BCUT2D eigenvalue weighted by Crippen LogP contribution is 2.24. The number of esters is 1. The molecule has 1 heterocycles. The number of hydrogen-bond acceptors (Lipinski definition) is 5. The molecule has 0 bridgehead atoms. The summed E-state index contributed by atoms with van der Waals surface area (Å²) in [5.41, 5.74) is 1.39. The molecule has 0 spiro atoms. The van der Waals surface area contributed by atoms with E-state index in [0.29, 0.717) is 16.8 Å². The number of nitro groups is 1. The van der Waals surface area contributed by atoms with Crippen LogP contribution in [0.3, 0.4) is 0 Å². The van der Waals surface area contributed by atoms with E-state index < -0.39 is 10.9 Å². The number of nitro benzene ring substituents is 1. The van der Waals surface area contributed by atoms with E-state index >= 15 is 0 Å². The monoisotopic (exact) mass is 272 g/mol. The zero-order valence-electron chi connectivity index (χ0n) is 10.8. The van der Waals surface area contributed by atoms with Gasteiger partial charge in [0.1, 0.15) is 0 Å². The minimum absolute atomic E-state index is 0.0117. The normalized spacial score (nSPS) is 10.1. The number of carbonyl (C=O) groups excluding carboxylic acids is 1. The zero-order chi connectivity index (χ0) is 14.5. The third kappa shape index (κ3) is 2.80. The van der Waals surface area contributed by atoms with Gasteiger partial charge >= 0.3 is 5.97 Å². The number of rotatable bonds is 4. The Labute approximate surface area is 115 Å². The molecule has 0 saturated carbocycles. The van der Waals surface area contributed by atoms with E-state index in [1.807, 2.05) is 0 Å². The summed E-state index contributed by atoms with van der Waals surface area (Å²) in [4.78, 5) is 26.1. The van der Waals surface area contributed by atoms with Crippen molar-refractivity contribution in [3.63, 3.8) is 0 Å². The second-order valence-electron chi connectivity index (χ2n) is 3.92. The lowest BCUT2D eigenvalue weighted by molar-refractivity contribution is -0.384. The Bertz CT molecular complexity index is 638. The molecule has 20 heavy (non-hydrogen) atoms. The molecule has 0 aliphatic rings. The van der Waals surface area contributed by atoms with E-state index in [1.165, 1.54) is 12.1 Å². The summed E-state index contributed by atoms with van der Waals surface area (Å²) in [7, 11) is 0. The average Bonchev–Trinajstić information content (AvgIpc) is 2.47. The Kier molecular flexibility index (Phi) is 4.05. The van der Waals surface area contributed by atoms with Gasteiger partial charge in [0, 0.05) is 23.9 Å². The van der Waals surface area contributed by atoms with Gasteiger partial charge in [0.25, 0.3) is 5.69 Å². The van der Waals surface area contributed by atoms with Crippen molar-refractivity contribution >= 4 is 11.7 Å². The fourth-order valence-electron chi connectivity index (χ4n) is 1.75. The summed E-state index contributed by atoms with van der Waals surface area (Å²) in [6.07, 6.45) is 1.56. The Balaban J connectivity index is 2.42. The Hall–Kier alpha value is -2.76. The van der Waals surface area contributed by atoms with Crippen molar-refractivity contribution in [2.45, 2.75) is 6.92 Å². The third-order valence-electron chi connectivity index (χ3n) is 2.65. The molecule has 0 amide bonds. The average molecular weight is 272 g/mol. The molecule has 0 unspecified atom stereocenters. The fourth-order valence-corrected chi connectivity index (χ4v) is 1.75. The van der Waals surface area contributed by atoms with E-state index in [0.717, 1.165) is 0 Å². The molecule has 2 aromatic rings. The maximum Gasteiger partial charge on any atom is 0.340 e. The smallest absolute Gasteiger partial charge is 0.340 e. The van der Waals surface area contributed by atoms with Gasteiger partial charge < -0.3 is 4.74 Å². The van der Waals surface area contributed by atoms with Gasteiger partial charge in [-0.25, -0.2) is 4.79 Å². The molecular formula is C14H12N2O4. The van der Waals surface area contributed by atoms with Crippen LogP contribution in [0.15, 0.2) is 42.6 Å². The van der Waals surface area contributed by atoms with Crippen LogP contribution in [0.1, 0.15) is 17.3 Å². The van der Waals surface area contributed by atoms with Crippen molar-refractivity contribution in [2.75, 3.05) is 6.61 Å². The molecule has 0 fully saturated rings. The first-order valence-corrected chi connectivity index (χ1v) is 6.00. The maximum atomic E-state index is 11.8. The van der Waals surface area contributed by atoms with Gasteiger partial charge in [-0.2, -0.15) is 0 Å². The Morgan fingerprint density at radius 3 is 2.60 bits per heavy atom. The fraction of sp³-hybridized carbons (Fsp3) is 0.143. The van der Waals surface area contributed by atoms with Gasteiger partial charge in [-0.1, -0.05) is 0 Å². The maximum absolute atomic E-state index is 11.8. The zero-order valence-corrected chi connectivity index (χ0v) is 10.8. The van der Waals surface area contributed by atoms with E-state index in [1.54, 1.807) is 37.4 Å². The standard InChI is InChI=1S/C14H12N2O4/c1-2-20-14(17)12-4-3-9-15-13(12)10-5-7-11(8-6-10)16(18)19/h3-9H,2H2,1H3. The minimum Gasteiger partial charge on any atom is -0.462 e. The number of benzene rings is 1. The van der Waals surface area contributed by atoms with Gasteiger partial charge in [0.15, 0.2) is 0 Å². The number of pyridine rings is 1. The van der Waals surface area contributed by atoms with Crippen LogP contribution in [0, 0.1) is 10.1 Å². The molecular weight excluding hydrogens is 260 g/mol. The Morgan fingerprint density at radius 2 is 2.00 bits per heavy atom. The van der Waals surface area contributed by atoms with Crippen LogP contribution < -0.4 is 0 Å². The summed E-state index contributed by atoms with van der Waals surface area (Å²) in [6.45, 7) is 1.99. The first-order valence-electron chi connectivity index (χ1n) is 6.00. The van der Waals surface area contributed by atoms with Crippen LogP contribution in [0.25, 0.3) is 11.3 Å². The van der Waals surface area contributed by atoms with E-state index in [-0.39, 0.29) is 12.3 Å². The number of aromatic nitrogens is 1. The van der Waals surface area contributed by atoms with E-state index in [9.17, 15) is 14.9 Å². The lowest BCUT2D eigenvalue weighted by Crippen LogP contribution is -2.07. The summed E-state index contributed by atoms with van der Waals surface area (Å²) < 4.78 is 4.96. The van der Waals surface area contributed by atoms with Gasteiger partial charge in [-0.15, -0.1) is 0 Å². The van der Waals surface area contributed by atoms with Crippen molar-refractivity contribution in [2.24, 2.45) is 0 Å². The molecule has 102 valence electrons. The summed E-state index contributed by atoms with van der Waals surface area (Å²) >= 11 is 0. The molecule has 6 heteroatoms. The van der Waals surface area contributed by atoms with Crippen molar-refractivity contribution in [3.05, 3.63) is 58.3 Å². The highest BCUT2D eigenvalue weighted by molar-refractivity contribution is 5.96. The molecule has 2 rings (SSSR count). The van der Waals surface area contributed by atoms with E-state index in [4.69, 9.17) is 4.74 Å². The summed E-state index contributed by atoms with van der Waals surface area (Å²) in [6, 6.07) is 9.12. The topological polar surface area (TPSA) is 82.3 Å². The van der Waals surface area contributed by atoms with Gasteiger partial charge in [-0.3, -0.25) is 15.1 Å². The molecule has 6 nitrogen and oxygen atoms in total. The minimum atomic E-state index is -0.478. The molecule has 1 aromatic carbocycles. The quantitative estimate of drug-likeness (QED) is 0.485. The molecule has 0 radical (unpaired) electrons. The lowest BCUT2D eigenvalue weighted by atomic mass is 10.1. The summed E-state index contributed by atoms with van der Waals surface area (Å²) in [5, 5.41) is 10.6. The van der Waals surface area contributed by atoms with Crippen LogP contribution in [-0.4, -0.2) is 22.5 Å². The second kappa shape index (κ2) is 5.92. The molecule has 0 saturated heterocycles. The third-order valence-corrected chi connectivity index (χ3v) is 2.65. The largest absolute Gasteiger partial charge is 0.462 e. The predicted molar refractivity (Wildman–Crippen MR) is 72.3 cm³/mol. The predicted octanol–water partition coefficient (Wildman–Crippen LogP) is 2.83. The SMILES string of the molecule is CCOC(=O)c1cccnc1-c1ccc([N+](=O)[O-])cc1. The first kappa shape index (κ1) is 13.7. The van der Waals surface area contributed by atoms with Crippen molar-refractivity contribution in [1.29, 1.82) is 0 Å². The van der Waals surface area contributed by atoms with Gasteiger partial charge in [0.2, 0.25) is 0 Å². The van der Waals surface area contributed by atoms with Crippen LogP contribution in [0.5, 0.6) is 0 Å². The number of ether oxygens (including phenoxy) is 1. The molecule has 1 aromatic heterocycles. The van der Waals surface area contributed by atoms with Crippen LogP contribution >= 0.6 is 0 Å². The molecule has 0 atom stereocenters. The van der Waals surface area contributed by atoms with E-state index in [2.05, 4.69) is 4.98 Å². The molecule has 0 aliphatic carbocycles. The number of nitrogens with zero attached hydrogens (tertiary/aromatic N) is 2. The number of non-ortho nitro benzene ring substituents is 1. The molecule has 0 aliphatic heterocycles. The van der Waals surface area contributed by atoms with Crippen molar-refractivity contribution < 1.29 is 14.5 Å². The van der Waals surface area contributed by atoms with Crippen molar-refractivity contribution in [3.8, 4) is 11.3 Å². The highest BCUT2D eigenvalue weighted by Gasteiger charge is 2.15.